The summed E-state index contributed by atoms with van der Waals surface area (Å²) in [7, 11) is -3.67. The van der Waals surface area contributed by atoms with Gasteiger partial charge in [0.05, 0.1) is 4.90 Å². The van der Waals surface area contributed by atoms with Crippen molar-refractivity contribution >= 4 is 27.3 Å². The maximum absolute atomic E-state index is 13.3. The number of hydrogen-bond acceptors (Lipinski definition) is 6. The lowest BCUT2D eigenvalue weighted by Crippen LogP contribution is -2.48. The number of rotatable bonds is 5. The molecule has 3 aromatic carbocycles. The van der Waals surface area contributed by atoms with E-state index in [0.29, 0.717) is 42.6 Å². The molecule has 5 rings (SSSR count). The SMILES string of the molecule is Cc1ccc(-c2noc(-c3cccc(S(=O)(=O)N4CCN(c5cccc(Cl)c5)CC4)c3)n2)cc1. The minimum atomic E-state index is -3.67. The van der Waals surface area contributed by atoms with Crippen molar-refractivity contribution in [3.8, 4) is 22.8 Å². The molecule has 0 aliphatic carbocycles. The molecule has 0 spiro atoms. The molecule has 1 aromatic heterocycles. The second-order valence-electron chi connectivity index (χ2n) is 8.19. The van der Waals surface area contributed by atoms with E-state index in [2.05, 4.69) is 15.0 Å². The average Bonchev–Trinajstić information content (AvgIpc) is 3.35. The third-order valence-electron chi connectivity index (χ3n) is 5.87. The lowest BCUT2D eigenvalue weighted by atomic mass is 10.1. The van der Waals surface area contributed by atoms with Crippen LogP contribution in [0, 0.1) is 6.92 Å². The van der Waals surface area contributed by atoms with E-state index in [1.165, 1.54) is 4.31 Å². The van der Waals surface area contributed by atoms with E-state index in [1.54, 1.807) is 24.3 Å². The highest BCUT2D eigenvalue weighted by atomic mass is 35.5. The molecule has 9 heteroatoms. The van der Waals surface area contributed by atoms with Crippen molar-refractivity contribution in [3.63, 3.8) is 0 Å². The van der Waals surface area contributed by atoms with Crippen molar-refractivity contribution < 1.29 is 12.9 Å². The topological polar surface area (TPSA) is 79.5 Å². The zero-order chi connectivity index (χ0) is 23.7. The van der Waals surface area contributed by atoms with Crippen LogP contribution in [0.1, 0.15) is 5.56 Å². The molecule has 1 fully saturated rings. The monoisotopic (exact) mass is 494 g/mol. The van der Waals surface area contributed by atoms with Crippen LogP contribution < -0.4 is 4.90 Å². The first-order chi connectivity index (χ1) is 16.4. The number of nitrogens with zero attached hydrogens (tertiary/aromatic N) is 4. The first-order valence-corrected chi connectivity index (χ1v) is 12.7. The minimum Gasteiger partial charge on any atom is -0.369 e. The molecule has 0 bridgehead atoms. The standard InChI is InChI=1S/C25H23ClN4O3S/c1-18-8-10-19(11-9-18)24-27-25(33-28-24)20-4-2-7-23(16-20)34(31,32)30-14-12-29(13-15-30)22-6-3-5-21(26)17-22/h2-11,16-17H,12-15H2,1H3. The molecular formula is C25H23ClN4O3S. The second kappa shape index (κ2) is 9.21. The summed E-state index contributed by atoms with van der Waals surface area (Å²) in [6.45, 7) is 3.95. The van der Waals surface area contributed by atoms with Crippen LogP contribution >= 0.6 is 11.6 Å². The number of halogens is 1. The summed E-state index contributed by atoms with van der Waals surface area (Å²) in [6, 6.07) is 22.0. The van der Waals surface area contributed by atoms with Gasteiger partial charge in [-0.05, 0) is 43.3 Å². The molecule has 0 saturated carbocycles. The number of hydrogen-bond donors (Lipinski definition) is 0. The molecule has 0 atom stereocenters. The largest absolute Gasteiger partial charge is 0.369 e. The van der Waals surface area contributed by atoms with Crippen LogP contribution in [0.25, 0.3) is 22.8 Å². The van der Waals surface area contributed by atoms with Crippen LogP contribution in [0.2, 0.25) is 5.02 Å². The lowest BCUT2D eigenvalue weighted by Gasteiger charge is -2.35. The predicted octanol–water partition coefficient (Wildman–Crippen LogP) is 4.88. The molecule has 1 aliphatic heterocycles. The molecule has 0 N–H and O–H groups in total. The summed E-state index contributed by atoms with van der Waals surface area (Å²) in [6.07, 6.45) is 0. The Morgan fingerprint density at radius 2 is 1.62 bits per heavy atom. The summed E-state index contributed by atoms with van der Waals surface area (Å²) >= 11 is 6.10. The van der Waals surface area contributed by atoms with Gasteiger partial charge in [0, 0.05) is 48.0 Å². The maximum atomic E-state index is 13.3. The van der Waals surface area contributed by atoms with Crippen molar-refractivity contribution in [2.75, 3.05) is 31.1 Å². The normalized spacial score (nSPS) is 14.9. The molecule has 4 aromatic rings. The number of anilines is 1. The maximum Gasteiger partial charge on any atom is 0.258 e. The van der Waals surface area contributed by atoms with Crippen LogP contribution in [-0.4, -0.2) is 49.0 Å². The van der Waals surface area contributed by atoms with Gasteiger partial charge in [0.2, 0.25) is 15.8 Å². The first-order valence-electron chi connectivity index (χ1n) is 10.9. The highest BCUT2D eigenvalue weighted by Gasteiger charge is 2.29. The molecule has 7 nitrogen and oxygen atoms in total. The molecule has 34 heavy (non-hydrogen) atoms. The van der Waals surface area contributed by atoms with E-state index in [0.717, 1.165) is 16.8 Å². The number of piperazine rings is 1. The molecule has 1 saturated heterocycles. The molecule has 174 valence electrons. The molecular weight excluding hydrogens is 472 g/mol. The van der Waals surface area contributed by atoms with Gasteiger partial charge in [0.15, 0.2) is 0 Å². The Kier molecular flexibility index (Phi) is 6.12. The van der Waals surface area contributed by atoms with Crippen molar-refractivity contribution in [1.29, 1.82) is 0 Å². The predicted molar refractivity (Wildman–Crippen MR) is 132 cm³/mol. The summed E-state index contributed by atoms with van der Waals surface area (Å²) in [4.78, 5) is 6.81. The van der Waals surface area contributed by atoms with E-state index < -0.39 is 10.0 Å². The zero-order valence-electron chi connectivity index (χ0n) is 18.6. The van der Waals surface area contributed by atoms with Crippen LogP contribution in [0.4, 0.5) is 5.69 Å². The van der Waals surface area contributed by atoms with Crippen LogP contribution in [-0.2, 0) is 10.0 Å². The van der Waals surface area contributed by atoms with Gasteiger partial charge < -0.3 is 9.42 Å². The zero-order valence-corrected chi connectivity index (χ0v) is 20.1. The Hall–Kier alpha value is -3.20. The molecule has 0 amide bonds. The Bertz CT molecular complexity index is 1410. The van der Waals surface area contributed by atoms with E-state index in [4.69, 9.17) is 16.1 Å². The van der Waals surface area contributed by atoms with Gasteiger partial charge in [0.1, 0.15) is 0 Å². The highest BCUT2D eigenvalue weighted by molar-refractivity contribution is 7.89. The quantitative estimate of drug-likeness (QED) is 0.393. The number of benzene rings is 3. The van der Waals surface area contributed by atoms with E-state index in [9.17, 15) is 8.42 Å². The summed E-state index contributed by atoms with van der Waals surface area (Å²) in [5.74, 6) is 0.735. The highest BCUT2D eigenvalue weighted by Crippen LogP contribution is 2.27. The molecule has 0 unspecified atom stereocenters. The van der Waals surface area contributed by atoms with Gasteiger partial charge in [-0.25, -0.2) is 8.42 Å². The minimum absolute atomic E-state index is 0.205. The molecule has 1 aliphatic rings. The van der Waals surface area contributed by atoms with Crippen molar-refractivity contribution in [2.45, 2.75) is 11.8 Å². The molecule has 0 radical (unpaired) electrons. The smallest absolute Gasteiger partial charge is 0.258 e. The Morgan fingerprint density at radius 1 is 0.882 bits per heavy atom. The van der Waals surface area contributed by atoms with E-state index >= 15 is 0 Å². The van der Waals surface area contributed by atoms with Crippen molar-refractivity contribution in [2.24, 2.45) is 0 Å². The van der Waals surface area contributed by atoms with Gasteiger partial charge in [-0.15, -0.1) is 0 Å². The summed E-state index contributed by atoms with van der Waals surface area (Å²) in [5, 5.41) is 4.72. The van der Waals surface area contributed by atoms with Crippen LogP contribution in [0.3, 0.4) is 0 Å². The van der Waals surface area contributed by atoms with Crippen molar-refractivity contribution in [1.82, 2.24) is 14.4 Å². The number of aryl methyl sites for hydroxylation is 1. The van der Waals surface area contributed by atoms with E-state index in [1.807, 2.05) is 55.5 Å². The van der Waals surface area contributed by atoms with E-state index in [-0.39, 0.29) is 10.8 Å². The lowest BCUT2D eigenvalue weighted by molar-refractivity contribution is 0.385. The van der Waals surface area contributed by atoms with Gasteiger partial charge in [0.25, 0.3) is 5.89 Å². The third kappa shape index (κ3) is 4.57. The van der Waals surface area contributed by atoms with Crippen molar-refractivity contribution in [3.05, 3.63) is 83.4 Å². The van der Waals surface area contributed by atoms with Gasteiger partial charge >= 0.3 is 0 Å². The summed E-state index contributed by atoms with van der Waals surface area (Å²) < 4.78 is 33.6. The van der Waals surface area contributed by atoms with Crippen LogP contribution in [0.15, 0.2) is 82.2 Å². The first kappa shape index (κ1) is 22.6. The third-order valence-corrected chi connectivity index (χ3v) is 8.00. The molecule has 2 heterocycles. The second-order valence-corrected chi connectivity index (χ2v) is 10.6. The average molecular weight is 495 g/mol. The van der Waals surface area contributed by atoms with Crippen LogP contribution in [0.5, 0.6) is 0 Å². The Balaban J connectivity index is 1.33. The van der Waals surface area contributed by atoms with Gasteiger partial charge in [-0.3, -0.25) is 0 Å². The summed E-state index contributed by atoms with van der Waals surface area (Å²) in [5.41, 5.74) is 3.53. The van der Waals surface area contributed by atoms with Gasteiger partial charge in [-0.2, -0.15) is 9.29 Å². The number of aromatic nitrogens is 2. The fraction of sp³-hybridized carbons (Fsp3) is 0.200. The fourth-order valence-electron chi connectivity index (χ4n) is 3.96. The number of sulfonamides is 1. The Morgan fingerprint density at radius 3 is 2.35 bits per heavy atom. The Labute approximate surface area is 203 Å². The fourth-order valence-corrected chi connectivity index (χ4v) is 5.61. The van der Waals surface area contributed by atoms with Gasteiger partial charge in [-0.1, -0.05) is 58.7 Å².